The zero-order chi connectivity index (χ0) is 26.4. The van der Waals surface area contributed by atoms with Gasteiger partial charge in [0.05, 0.1) is 10.7 Å². The van der Waals surface area contributed by atoms with E-state index in [1.165, 1.54) is 6.21 Å². The molecular weight excluding hydrogens is 606 g/mol. The number of carbonyl (C=O) groups is 2. The van der Waals surface area contributed by atoms with Crippen molar-refractivity contribution < 1.29 is 23.8 Å². The lowest BCUT2D eigenvalue weighted by molar-refractivity contribution is -0.123. The lowest BCUT2D eigenvalue weighted by Gasteiger charge is -2.20. The number of hydrazone groups is 1. The maximum atomic E-state index is 12.8. The number of ether oxygens (including phenoxy) is 3. The van der Waals surface area contributed by atoms with Gasteiger partial charge in [-0.3, -0.25) is 9.59 Å². The standard InChI is InChI=1S/C27H25Br2N3O5/c1-16(2)25(31-26(33)19-6-10-23-24(12-19)37-15-36-23)27(34)32-30-13-18-5-9-22(21(29)11-18)35-14-17-3-7-20(28)8-4-17/h3-13,16,25H,14-15H2,1-2H3,(H,31,33)(H,32,34)/b30-13+. The summed E-state index contributed by atoms with van der Waals surface area (Å²) < 4.78 is 18.3. The van der Waals surface area contributed by atoms with E-state index in [4.69, 9.17) is 14.2 Å². The van der Waals surface area contributed by atoms with Crippen molar-refractivity contribution >= 4 is 49.9 Å². The summed E-state index contributed by atoms with van der Waals surface area (Å²) in [5, 5.41) is 6.84. The molecule has 4 rings (SSSR count). The molecule has 1 heterocycles. The minimum Gasteiger partial charge on any atom is -0.488 e. The lowest BCUT2D eigenvalue weighted by atomic mass is 10.0. The Kier molecular flexibility index (Phi) is 8.83. The molecule has 1 unspecified atom stereocenters. The summed E-state index contributed by atoms with van der Waals surface area (Å²) in [5.41, 5.74) is 4.70. The van der Waals surface area contributed by atoms with Gasteiger partial charge in [0.2, 0.25) is 6.79 Å². The van der Waals surface area contributed by atoms with E-state index in [1.807, 2.05) is 56.3 Å². The van der Waals surface area contributed by atoms with Gasteiger partial charge >= 0.3 is 0 Å². The molecule has 2 amide bonds. The molecule has 0 fully saturated rings. The summed E-state index contributed by atoms with van der Waals surface area (Å²) in [6.45, 7) is 4.24. The predicted octanol–water partition coefficient (Wildman–Crippen LogP) is 5.42. The van der Waals surface area contributed by atoms with Gasteiger partial charge in [0, 0.05) is 10.0 Å². The normalized spacial score (nSPS) is 13.0. The second-order valence-electron chi connectivity index (χ2n) is 8.60. The fraction of sp³-hybridized carbons (Fsp3) is 0.222. The Morgan fingerprint density at radius 2 is 1.78 bits per heavy atom. The van der Waals surface area contributed by atoms with E-state index in [-0.39, 0.29) is 12.7 Å². The second kappa shape index (κ2) is 12.2. The van der Waals surface area contributed by atoms with Crippen LogP contribution in [0.4, 0.5) is 0 Å². The molecule has 192 valence electrons. The van der Waals surface area contributed by atoms with E-state index in [1.54, 1.807) is 18.2 Å². The number of fused-ring (bicyclic) bond motifs is 1. The molecule has 37 heavy (non-hydrogen) atoms. The minimum atomic E-state index is -0.781. The van der Waals surface area contributed by atoms with E-state index in [2.05, 4.69) is 47.7 Å². The molecule has 1 atom stereocenters. The molecule has 0 aliphatic carbocycles. The Morgan fingerprint density at radius 1 is 1.03 bits per heavy atom. The highest BCUT2D eigenvalue weighted by Crippen LogP contribution is 2.32. The fourth-order valence-corrected chi connectivity index (χ4v) is 4.27. The van der Waals surface area contributed by atoms with Gasteiger partial charge in [-0.25, -0.2) is 5.43 Å². The van der Waals surface area contributed by atoms with Crippen molar-refractivity contribution in [3.05, 3.63) is 86.3 Å². The Labute approximate surface area is 231 Å². The van der Waals surface area contributed by atoms with Crippen molar-refractivity contribution in [1.29, 1.82) is 0 Å². The largest absolute Gasteiger partial charge is 0.488 e. The van der Waals surface area contributed by atoms with Gasteiger partial charge in [-0.15, -0.1) is 0 Å². The topological polar surface area (TPSA) is 98.2 Å². The highest BCUT2D eigenvalue weighted by atomic mass is 79.9. The van der Waals surface area contributed by atoms with Crippen molar-refractivity contribution in [2.45, 2.75) is 26.5 Å². The van der Waals surface area contributed by atoms with Crippen LogP contribution in [-0.2, 0) is 11.4 Å². The van der Waals surface area contributed by atoms with Gasteiger partial charge in [-0.1, -0.05) is 41.9 Å². The van der Waals surface area contributed by atoms with Crippen LogP contribution in [0, 0.1) is 5.92 Å². The fourth-order valence-electron chi connectivity index (χ4n) is 3.49. The number of amides is 2. The van der Waals surface area contributed by atoms with E-state index < -0.39 is 17.9 Å². The number of nitrogens with zero attached hydrogens (tertiary/aromatic N) is 1. The summed E-state index contributed by atoms with van der Waals surface area (Å²) in [7, 11) is 0. The molecule has 0 spiro atoms. The van der Waals surface area contributed by atoms with E-state index >= 15 is 0 Å². The van der Waals surface area contributed by atoms with Gasteiger partial charge in [0.15, 0.2) is 11.5 Å². The van der Waals surface area contributed by atoms with Gasteiger partial charge < -0.3 is 19.5 Å². The molecule has 3 aromatic carbocycles. The number of benzene rings is 3. The number of carbonyl (C=O) groups excluding carboxylic acids is 2. The van der Waals surface area contributed by atoms with Crippen molar-refractivity contribution in [3.8, 4) is 17.2 Å². The molecular formula is C27H25Br2N3O5. The van der Waals surface area contributed by atoms with Crippen LogP contribution < -0.4 is 25.0 Å². The van der Waals surface area contributed by atoms with Crippen LogP contribution in [0.25, 0.3) is 0 Å². The summed E-state index contributed by atoms with van der Waals surface area (Å²) in [4.78, 5) is 25.5. The van der Waals surface area contributed by atoms with Crippen LogP contribution in [0.5, 0.6) is 17.2 Å². The van der Waals surface area contributed by atoms with Crippen molar-refractivity contribution in [2.75, 3.05) is 6.79 Å². The second-order valence-corrected chi connectivity index (χ2v) is 10.4. The van der Waals surface area contributed by atoms with Crippen LogP contribution >= 0.6 is 31.9 Å². The summed E-state index contributed by atoms with van der Waals surface area (Å²) >= 11 is 6.94. The molecule has 0 saturated heterocycles. The Bertz CT molecular complexity index is 1310. The number of nitrogens with one attached hydrogen (secondary N) is 2. The number of halogens is 2. The first-order valence-electron chi connectivity index (χ1n) is 11.5. The van der Waals surface area contributed by atoms with Crippen LogP contribution in [-0.4, -0.2) is 30.9 Å². The van der Waals surface area contributed by atoms with E-state index in [9.17, 15) is 9.59 Å². The molecule has 10 heteroatoms. The van der Waals surface area contributed by atoms with Gasteiger partial charge in [-0.2, -0.15) is 5.10 Å². The van der Waals surface area contributed by atoms with Crippen LogP contribution in [0.1, 0.15) is 35.3 Å². The first kappa shape index (κ1) is 26.7. The summed E-state index contributed by atoms with van der Waals surface area (Å²) in [6, 6.07) is 17.5. The van der Waals surface area contributed by atoms with E-state index in [0.29, 0.717) is 29.4 Å². The summed E-state index contributed by atoms with van der Waals surface area (Å²) in [6.07, 6.45) is 1.53. The van der Waals surface area contributed by atoms with E-state index in [0.717, 1.165) is 20.1 Å². The SMILES string of the molecule is CC(C)C(NC(=O)c1ccc2c(c1)OCO2)C(=O)N/N=C/c1ccc(OCc2ccc(Br)cc2)c(Br)c1. The Hall–Kier alpha value is -3.37. The molecule has 1 aliphatic heterocycles. The maximum absolute atomic E-state index is 12.8. The number of hydrogen-bond acceptors (Lipinski definition) is 6. The number of rotatable bonds is 9. The minimum absolute atomic E-state index is 0.119. The lowest BCUT2D eigenvalue weighted by Crippen LogP contribution is -2.48. The first-order valence-corrected chi connectivity index (χ1v) is 13.1. The average Bonchev–Trinajstić information content (AvgIpc) is 3.35. The molecule has 3 aromatic rings. The zero-order valence-corrected chi connectivity index (χ0v) is 23.3. The zero-order valence-electron chi connectivity index (χ0n) is 20.2. The molecule has 0 radical (unpaired) electrons. The highest BCUT2D eigenvalue weighted by molar-refractivity contribution is 9.10. The quantitative estimate of drug-likeness (QED) is 0.243. The van der Waals surface area contributed by atoms with Crippen molar-refractivity contribution in [2.24, 2.45) is 11.0 Å². The van der Waals surface area contributed by atoms with Crippen LogP contribution in [0.15, 0.2) is 74.7 Å². The molecule has 0 saturated carbocycles. The van der Waals surface area contributed by atoms with Crippen molar-refractivity contribution in [1.82, 2.24) is 10.7 Å². The third-order valence-electron chi connectivity index (χ3n) is 5.52. The number of hydrogen-bond donors (Lipinski definition) is 2. The Balaban J connectivity index is 1.32. The smallest absolute Gasteiger partial charge is 0.262 e. The van der Waals surface area contributed by atoms with Crippen molar-refractivity contribution in [3.63, 3.8) is 0 Å². The molecule has 0 bridgehead atoms. The first-order chi connectivity index (χ1) is 17.8. The third kappa shape index (κ3) is 7.11. The maximum Gasteiger partial charge on any atom is 0.262 e. The molecule has 1 aliphatic rings. The third-order valence-corrected chi connectivity index (χ3v) is 6.67. The van der Waals surface area contributed by atoms with Gasteiger partial charge in [-0.05, 0) is 81.5 Å². The highest BCUT2D eigenvalue weighted by Gasteiger charge is 2.25. The predicted molar refractivity (Wildman–Crippen MR) is 147 cm³/mol. The van der Waals surface area contributed by atoms with Crippen LogP contribution in [0.2, 0.25) is 0 Å². The molecule has 8 nitrogen and oxygen atoms in total. The monoisotopic (exact) mass is 629 g/mol. The molecule has 0 aromatic heterocycles. The summed E-state index contributed by atoms with van der Waals surface area (Å²) in [5.74, 6) is 0.797. The van der Waals surface area contributed by atoms with Crippen LogP contribution in [0.3, 0.4) is 0 Å². The van der Waals surface area contributed by atoms with Gasteiger partial charge in [0.25, 0.3) is 11.8 Å². The average molecular weight is 631 g/mol. The van der Waals surface area contributed by atoms with Gasteiger partial charge in [0.1, 0.15) is 18.4 Å². The molecule has 2 N–H and O–H groups in total. The Morgan fingerprint density at radius 3 is 2.51 bits per heavy atom.